The first-order chi connectivity index (χ1) is 16.0. The third-order valence-corrected chi connectivity index (χ3v) is 10.5. The van der Waals surface area contributed by atoms with Gasteiger partial charge in [-0.1, -0.05) is 6.42 Å². The van der Waals surface area contributed by atoms with Crippen molar-refractivity contribution in [2.24, 2.45) is 41.4 Å². The monoisotopic (exact) mass is 480 g/mol. The van der Waals surface area contributed by atoms with E-state index in [0.29, 0.717) is 54.1 Å². The molecule has 0 aromatic rings. The van der Waals surface area contributed by atoms with Crippen LogP contribution in [-0.4, -0.2) is 55.6 Å². The molecule has 11 atom stereocenters. The highest BCUT2D eigenvalue weighted by Gasteiger charge is 2.48. The SMILES string of the molecule is CN1NC2CCC(C3CCC(CC4CNCCO4)CC3C3CCC(C#N)C(F)C3)CC2C1Cl. The molecule has 0 spiro atoms. The maximum Gasteiger partial charge on any atom is 0.116 e. The van der Waals surface area contributed by atoms with Gasteiger partial charge in [-0.3, -0.25) is 5.43 Å². The lowest BCUT2D eigenvalue weighted by Crippen LogP contribution is -2.44. The van der Waals surface area contributed by atoms with E-state index in [2.05, 4.69) is 28.9 Å². The largest absolute Gasteiger partial charge is 0.376 e. The number of ether oxygens (including phenoxy) is 1. The average Bonchev–Trinajstić information content (AvgIpc) is 3.12. The minimum Gasteiger partial charge on any atom is -0.376 e. The molecule has 2 N–H and O–H groups in total. The van der Waals surface area contributed by atoms with Crippen LogP contribution in [0.5, 0.6) is 0 Å². The number of hydrogen-bond acceptors (Lipinski definition) is 5. The lowest BCUT2D eigenvalue weighted by atomic mass is 9.58. The van der Waals surface area contributed by atoms with Crippen molar-refractivity contribution in [3.8, 4) is 6.07 Å². The van der Waals surface area contributed by atoms with Crippen molar-refractivity contribution in [2.45, 2.75) is 88.0 Å². The Labute approximate surface area is 204 Å². The molecule has 11 unspecified atom stereocenters. The quantitative estimate of drug-likeness (QED) is 0.459. The Kier molecular flexibility index (Phi) is 7.84. The van der Waals surface area contributed by atoms with Crippen LogP contribution in [0.2, 0.25) is 0 Å². The zero-order valence-corrected chi connectivity index (χ0v) is 20.9. The van der Waals surface area contributed by atoms with Gasteiger partial charge in [0.15, 0.2) is 0 Å². The Balaban J connectivity index is 1.29. The Hall–Kier alpha value is -0.450. The second-order valence-corrected chi connectivity index (χ2v) is 12.2. The average molecular weight is 481 g/mol. The van der Waals surface area contributed by atoms with Crippen LogP contribution in [0.4, 0.5) is 4.39 Å². The van der Waals surface area contributed by atoms with Gasteiger partial charge in [-0.15, -0.1) is 11.6 Å². The lowest BCUT2D eigenvalue weighted by molar-refractivity contribution is -0.0183. The Bertz CT molecular complexity index is 700. The number of alkyl halides is 2. The number of nitrogens with zero attached hydrogens (tertiary/aromatic N) is 2. The number of nitriles is 1. The third kappa shape index (κ3) is 5.23. The molecule has 0 aromatic carbocycles. The second-order valence-electron chi connectivity index (χ2n) is 11.7. The molecule has 5 nitrogen and oxygen atoms in total. The lowest BCUT2D eigenvalue weighted by Gasteiger charge is -2.48. The van der Waals surface area contributed by atoms with E-state index in [1.54, 1.807) is 0 Å². The van der Waals surface area contributed by atoms with Crippen molar-refractivity contribution in [2.75, 3.05) is 26.7 Å². The zero-order chi connectivity index (χ0) is 22.9. The molecule has 0 amide bonds. The predicted octanol–water partition coefficient (Wildman–Crippen LogP) is 4.48. The first-order valence-electron chi connectivity index (χ1n) is 13.5. The number of hydrogen-bond donors (Lipinski definition) is 2. The molecule has 3 saturated carbocycles. The molecular formula is C26H42ClFN4O. The summed E-state index contributed by atoms with van der Waals surface area (Å²) in [5.74, 6) is 3.19. The summed E-state index contributed by atoms with van der Waals surface area (Å²) < 4.78 is 20.9. The highest BCUT2D eigenvalue weighted by atomic mass is 35.5. The number of halogens is 2. The molecule has 2 aliphatic heterocycles. The van der Waals surface area contributed by atoms with Gasteiger partial charge >= 0.3 is 0 Å². The molecule has 0 aromatic heterocycles. The number of rotatable bonds is 4. The van der Waals surface area contributed by atoms with Gasteiger partial charge in [0.05, 0.1) is 24.7 Å². The molecular weight excluding hydrogens is 439 g/mol. The predicted molar refractivity (Wildman–Crippen MR) is 128 cm³/mol. The van der Waals surface area contributed by atoms with Crippen molar-refractivity contribution in [1.29, 1.82) is 5.26 Å². The fraction of sp³-hybridized carbons (Fsp3) is 0.962. The fourth-order valence-corrected chi connectivity index (χ4v) is 8.53. The van der Waals surface area contributed by atoms with Crippen molar-refractivity contribution in [3.05, 3.63) is 0 Å². The third-order valence-electron chi connectivity index (χ3n) is 9.89. The van der Waals surface area contributed by atoms with Crippen LogP contribution < -0.4 is 10.7 Å². The van der Waals surface area contributed by atoms with Gasteiger partial charge in [0.1, 0.15) is 11.7 Å². The van der Waals surface area contributed by atoms with E-state index in [9.17, 15) is 9.65 Å². The van der Waals surface area contributed by atoms with E-state index in [1.165, 1.54) is 38.5 Å². The summed E-state index contributed by atoms with van der Waals surface area (Å²) in [5.41, 5.74) is 3.65. The minimum absolute atomic E-state index is 0.0739. The second kappa shape index (κ2) is 10.7. The molecule has 5 aliphatic rings. The summed E-state index contributed by atoms with van der Waals surface area (Å²) in [6.07, 6.45) is 10.3. The molecule has 33 heavy (non-hydrogen) atoms. The summed E-state index contributed by atoms with van der Waals surface area (Å²) in [5, 5.41) is 14.9. The van der Waals surface area contributed by atoms with E-state index < -0.39 is 12.1 Å². The molecule has 0 bridgehead atoms. The minimum atomic E-state index is -0.948. The Morgan fingerprint density at radius 3 is 2.61 bits per heavy atom. The van der Waals surface area contributed by atoms with Crippen molar-refractivity contribution in [3.63, 3.8) is 0 Å². The highest BCUT2D eigenvalue weighted by Crippen LogP contribution is 2.52. The van der Waals surface area contributed by atoms with Gasteiger partial charge < -0.3 is 10.1 Å². The summed E-state index contributed by atoms with van der Waals surface area (Å²) in [4.78, 5) is 0. The molecule has 0 radical (unpaired) electrons. The van der Waals surface area contributed by atoms with Gasteiger partial charge in [0, 0.05) is 32.1 Å². The van der Waals surface area contributed by atoms with Crippen LogP contribution in [0.25, 0.3) is 0 Å². The van der Waals surface area contributed by atoms with Crippen LogP contribution >= 0.6 is 11.6 Å². The molecule has 5 fully saturated rings. The standard InChI is InChI=1S/C26H42ClFN4O/c1-32-26(27)23-12-17(5-7-25(23)31-32)21-6-2-16(10-20-15-30-8-9-33-20)11-22(21)18-3-4-19(14-29)24(28)13-18/h16-26,30-31H,2-13,15H2,1H3. The molecule has 2 heterocycles. The highest BCUT2D eigenvalue weighted by molar-refractivity contribution is 6.20. The summed E-state index contributed by atoms with van der Waals surface area (Å²) >= 11 is 6.77. The van der Waals surface area contributed by atoms with Crippen LogP contribution in [0.1, 0.15) is 64.2 Å². The van der Waals surface area contributed by atoms with Gasteiger partial charge in [0.2, 0.25) is 0 Å². The zero-order valence-electron chi connectivity index (χ0n) is 20.1. The number of hydrazine groups is 1. The number of fused-ring (bicyclic) bond motifs is 1. The molecule has 186 valence electrons. The van der Waals surface area contributed by atoms with E-state index in [-0.39, 0.29) is 5.50 Å². The Morgan fingerprint density at radius 1 is 1.03 bits per heavy atom. The Morgan fingerprint density at radius 2 is 1.85 bits per heavy atom. The van der Waals surface area contributed by atoms with Crippen molar-refractivity contribution < 1.29 is 9.13 Å². The van der Waals surface area contributed by atoms with Crippen LogP contribution in [0, 0.1) is 52.8 Å². The van der Waals surface area contributed by atoms with Crippen LogP contribution in [0.15, 0.2) is 0 Å². The van der Waals surface area contributed by atoms with Crippen LogP contribution in [0.3, 0.4) is 0 Å². The van der Waals surface area contributed by atoms with Gasteiger partial charge in [0.25, 0.3) is 0 Å². The molecule has 2 saturated heterocycles. The fourth-order valence-electron chi connectivity index (χ4n) is 8.20. The summed E-state index contributed by atoms with van der Waals surface area (Å²) in [6.45, 7) is 2.74. The van der Waals surface area contributed by atoms with Crippen LogP contribution in [-0.2, 0) is 4.74 Å². The normalized spacial score (nSPS) is 49.3. The number of morpholine rings is 1. The van der Waals surface area contributed by atoms with Gasteiger partial charge in [-0.05, 0) is 87.4 Å². The number of nitrogens with one attached hydrogen (secondary N) is 2. The topological polar surface area (TPSA) is 60.3 Å². The van der Waals surface area contributed by atoms with Gasteiger partial charge in [-0.2, -0.15) is 5.26 Å². The first kappa shape index (κ1) is 24.3. The summed E-state index contributed by atoms with van der Waals surface area (Å²) in [7, 11) is 2.07. The van der Waals surface area contributed by atoms with E-state index in [1.807, 2.05) is 0 Å². The van der Waals surface area contributed by atoms with E-state index in [4.69, 9.17) is 16.3 Å². The van der Waals surface area contributed by atoms with Gasteiger partial charge in [-0.25, -0.2) is 9.40 Å². The van der Waals surface area contributed by atoms with E-state index in [0.717, 1.165) is 39.0 Å². The van der Waals surface area contributed by atoms with Crippen molar-refractivity contribution >= 4 is 11.6 Å². The summed E-state index contributed by atoms with van der Waals surface area (Å²) in [6, 6.07) is 2.74. The molecule has 3 aliphatic carbocycles. The van der Waals surface area contributed by atoms with E-state index >= 15 is 0 Å². The smallest absolute Gasteiger partial charge is 0.116 e. The maximum atomic E-state index is 14.9. The first-order valence-corrected chi connectivity index (χ1v) is 14.0. The molecule has 5 rings (SSSR count). The molecule has 7 heteroatoms. The maximum absolute atomic E-state index is 14.9. The van der Waals surface area contributed by atoms with Crippen molar-refractivity contribution in [1.82, 2.24) is 15.8 Å².